The Kier molecular flexibility index (Phi) is 3.99. The summed E-state index contributed by atoms with van der Waals surface area (Å²) in [4.78, 5) is 12.3. The van der Waals surface area contributed by atoms with Crippen molar-refractivity contribution < 1.29 is 14.3 Å². The van der Waals surface area contributed by atoms with Gasteiger partial charge in [0.25, 0.3) is 5.79 Å². The molecule has 0 saturated carbocycles. The zero-order valence-electron chi connectivity index (χ0n) is 13.3. The van der Waals surface area contributed by atoms with E-state index >= 15 is 0 Å². The molecular weight excluding hydrogens is 252 g/mol. The third kappa shape index (κ3) is 2.92. The van der Waals surface area contributed by atoms with Crippen LogP contribution in [0.4, 0.5) is 0 Å². The van der Waals surface area contributed by atoms with E-state index in [-0.39, 0.29) is 11.4 Å². The molecule has 3 heteroatoms. The molecule has 0 saturated heterocycles. The number of esters is 1. The fraction of sp³-hybridized carbons (Fsp3) is 0.706. The molecule has 0 fully saturated rings. The highest BCUT2D eigenvalue weighted by Crippen LogP contribution is 2.41. The largest absolute Gasteiger partial charge is 0.456 e. The van der Waals surface area contributed by atoms with Crippen LogP contribution < -0.4 is 0 Å². The fourth-order valence-corrected chi connectivity index (χ4v) is 2.59. The van der Waals surface area contributed by atoms with E-state index in [1.165, 1.54) is 24.8 Å². The topological polar surface area (TPSA) is 35.5 Å². The number of carbonyl (C=O) groups is 1. The van der Waals surface area contributed by atoms with E-state index < -0.39 is 5.79 Å². The van der Waals surface area contributed by atoms with Crippen molar-refractivity contribution in [2.45, 2.75) is 72.5 Å². The molecule has 1 atom stereocenters. The summed E-state index contributed by atoms with van der Waals surface area (Å²) in [6.07, 6.45) is 7.55. The summed E-state index contributed by atoms with van der Waals surface area (Å²) in [5.74, 6) is -0.383. The van der Waals surface area contributed by atoms with Gasteiger partial charge in [-0.3, -0.25) is 0 Å². The van der Waals surface area contributed by atoms with Crippen molar-refractivity contribution >= 4 is 5.97 Å². The maximum absolute atomic E-state index is 12.3. The molecule has 1 unspecified atom stereocenters. The summed E-state index contributed by atoms with van der Waals surface area (Å²) in [5.41, 5.74) is 1.89. The number of hydrogen-bond donors (Lipinski definition) is 0. The number of ether oxygens (including phenoxy) is 2. The van der Waals surface area contributed by atoms with Gasteiger partial charge in [-0.05, 0) is 39.0 Å². The van der Waals surface area contributed by atoms with E-state index in [1.807, 2.05) is 34.6 Å². The highest BCUT2D eigenvalue weighted by Gasteiger charge is 2.47. The lowest BCUT2D eigenvalue weighted by Crippen LogP contribution is -2.49. The van der Waals surface area contributed by atoms with Crippen molar-refractivity contribution in [1.82, 2.24) is 0 Å². The Morgan fingerprint density at radius 3 is 2.45 bits per heavy atom. The van der Waals surface area contributed by atoms with Gasteiger partial charge in [-0.15, -0.1) is 0 Å². The van der Waals surface area contributed by atoms with Crippen LogP contribution in [0.3, 0.4) is 0 Å². The standard InChI is InChI=1S/C17H26O3/c1-12-14(11-10-13-8-6-7-9-13)15(18)20-17(5,19-12)16(2,3)4/h8H,6-7,9-11H2,1-5H3. The molecule has 2 aliphatic rings. The van der Waals surface area contributed by atoms with Crippen molar-refractivity contribution in [3.8, 4) is 0 Å². The van der Waals surface area contributed by atoms with Gasteiger partial charge in [0.15, 0.2) is 0 Å². The van der Waals surface area contributed by atoms with Crippen LogP contribution >= 0.6 is 0 Å². The van der Waals surface area contributed by atoms with Crippen LogP contribution in [-0.4, -0.2) is 11.8 Å². The van der Waals surface area contributed by atoms with Gasteiger partial charge in [-0.25, -0.2) is 4.79 Å². The smallest absolute Gasteiger partial charge is 0.340 e. The Morgan fingerprint density at radius 2 is 1.95 bits per heavy atom. The van der Waals surface area contributed by atoms with E-state index in [0.29, 0.717) is 5.57 Å². The van der Waals surface area contributed by atoms with E-state index in [1.54, 1.807) is 0 Å². The number of carbonyl (C=O) groups excluding carboxylic acids is 1. The minimum absolute atomic E-state index is 0.218. The van der Waals surface area contributed by atoms with Crippen molar-refractivity contribution in [3.05, 3.63) is 23.0 Å². The van der Waals surface area contributed by atoms with E-state index in [2.05, 4.69) is 6.08 Å². The molecule has 1 heterocycles. The van der Waals surface area contributed by atoms with Gasteiger partial charge in [0.2, 0.25) is 0 Å². The molecule has 0 radical (unpaired) electrons. The normalized spacial score (nSPS) is 27.2. The van der Waals surface area contributed by atoms with E-state index in [9.17, 15) is 4.79 Å². The maximum atomic E-state index is 12.3. The SMILES string of the molecule is CC1=C(CCC2=CCCC2)C(=O)OC(C)(C(C)(C)C)O1. The van der Waals surface area contributed by atoms with Gasteiger partial charge in [0.05, 0.1) is 5.57 Å². The molecule has 1 aliphatic heterocycles. The first-order chi connectivity index (χ1) is 9.23. The molecule has 0 N–H and O–H groups in total. The summed E-state index contributed by atoms with van der Waals surface area (Å²) in [6.45, 7) is 9.76. The zero-order valence-corrected chi connectivity index (χ0v) is 13.3. The third-order valence-electron chi connectivity index (χ3n) is 4.50. The monoisotopic (exact) mass is 278 g/mol. The molecular formula is C17H26O3. The van der Waals surface area contributed by atoms with Crippen LogP contribution in [0.15, 0.2) is 23.0 Å². The third-order valence-corrected chi connectivity index (χ3v) is 4.50. The Labute approximate surface area is 122 Å². The molecule has 2 rings (SSSR count). The van der Waals surface area contributed by atoms with Gasteiger partial charge in [0, 0.05) is 12.3 Å². The molecule has 0 amide bonds. The van der Waals surface area contributed by atoms with Crippen LogP contribution in [0.1, 0.15) is 66.7 Å². The Hall–Kier alpha value is -1.25. The van der Waals surface area contributed by atoms with Gasteiger partial charge < -0.3 is 9.47 Å². The Morgan fingerprint density at radius 1 is 1.25 bits per heavy atom. The van der Waals surface area contributed by atoms with Crippen molar-refractivity contribution in [2.24, 2.45) is 5.41 Å². The van der Waals surface area contributed by atoms with Gasteiger partial charge in [-0.2, -0.15) is 0 Å². The predicted octanol–water partition coefficient (Wildman–Crippen LogP) is 4.49. The van der Waals surface area contributed by atoms with Crippen molar-refractivity contribution in [2.75, 3.05) is 0 Å². The van der Waals surface area contributed by atoms with Crippen LogP contribution in [-0.2, 0) is 14.3 Å². The molecule has 0 aromatic heterocycles. The molecule has 0 spiro atoms. The average molecular weight is 278 g/mol. The van der Waals surface area contributed by atoms with E-state index in [0.717, 1.165) is 18.6 Å². The molecule has 0 bridgehead atoms. The lowest BCUT2D eigenvalue weighted by Gasteiger charge is -2.43. The minimum atomic E-state index is -0.885. The quantitative estimate of drug-likeness (QED) is 0.563. The predicted molar refractivity (Wildman–Crippen MR) is 78.9 cm³/mol. The van der Waals surface area contributed by atoms with Gasteiger partial charge in [-0.1, -0.05) is 32.4 Å². The maximum Gasteiger partial charge on any atom is 0.340 e. The number of rotatable bonds is 3. The zero-order chi connectivity index (χ0) is 15.0. The van der Waals surface area contributed by atoms with Crippen molar-refractivity contribution in [3.63, 3.8) is 0 Å². The van der Waals surface area contributed by atoms with Crippen LogP contribution in [0.2, 0.25) is 0 Å². The fourth-order valence-electron chi connectivity index (χ4n) is 2.59. The second-order valence-electron chi connectivity index (χ2n) is 6.98. The second-order valence-corrected chi connectivity index (χ2v) is 6.98. The first kappa shape index (κ1) is 15.1. The van der Waals surface area contributed by atoms with E-state index in [4.69, 9.17) is 9.47 Å². The highest BCUT2D eigenvalue weighted by molar-refractivity contribution is 5.89. The van der Waals surface area contributed by atoms with Crippen LogP contribution in [0, 0.1) is 5.41 Å². The summed E-state index contributed by atoms with van der Waals surface area (Å²) in [5, 5.41) is 0. The summed E-state index contributed by atoms with van der Waals surface area (Å²) in [7, 11) is 0. The lowest BCUT2D eigenvalue weighted by atomic mass is 9.85. The minimum Gasteiger partial charge on any atom is -0.456 e. The summed E-state index contributed by atoms with van der Waals surface area (Å²) >= 11 is 0. The first-order valence-electron chi connectivity index (χ1n) is 7.53. The molecule has 1 aliphatic carbocycles. The summed E-state index contributed by atoms with van der Waals surface area (Å²) in [6, 6.07) is 0. The molecule has 0 aromatic carbocycles. The highest BCUT2D eigenvalue weighted by atomic mass is 16.7. The average Bonchev–Trinajstić information content (AvgIpc) is 2.79. The summed E-state index contributed by atoms with van der Waals surface area (Å²) < 4.78 is 11.6. The lowest BCUT2D eigenvalue weighted by molar-refractivity contribution is -0.255. The molecule has 0 aromatic rings. The number of cyclic esters (lactones) is 1. The first-order valence-corrected chi connectivity index (χ1v) is 7.53. The van der Waals surface area contributed by atoms with Gasteiger partial charge in [0.1, 0.15) is 5.76 Å². The second kappa shape index (κ2) is 5.27. The Bertz CT molecular complexity index is 465. The van der Waals surface area contributed by atoms with Crippen LogP contribution in [0.25, 0.3) is 0 Å². The molecule has 20 heavy (non-hydrogen) atoms. The Balaban J connectivity index is 2.10. The van der Waals surface area contributed by atoms with Crippen molar-refractivity contribution in [1.29, 1.82) is 0 Å². The van der Waals surface area contributed by atoms with Gasteiger partial charge >= 0.3 is 5.97 Å². The van der Waals surface area contributed by atoms with Crippen LogP contribution in [0.5, 0.6) is 0 Å². The molecule has 3 nitrogen and oxygen atoms in total. The number of allylic oxidation sites excluding steroid dienone is 3. The molecule has 112 valence electrons. The number of hydrogen-bond acceptors (Lipinski definition) is 3.